The van der Waals surface area contributed by atoms with Crippen molar-refractivity contribution in [2.75, 3.05) is 0 Å². The summed E-state index contributed by atoms with van der Waals surface area (Å²) >= 11 is 0. The first kappa shape index (κ1) is 11.3. The van der Waals surface area contributed by atoms with E-state index in [0.717, 1.165) is 18.2 Å². The van der Waals surface area contributed by atoms with Crippen LogP contribution in [0.2, 0.25) is 0 Å². The van der Waals surface area contributed by atoms with Gasteiger partial charge in [-0.25, -0.2) is 0 Å². The Morgan fingerprint density at radius 2 is 2.00 bits per heavy atom. The maximum Gasteiger partial charge on any atom is 0.416 e. The minimum absolute atomic E-state index is 0.281. The van der Waals surface area contributed by atoms with Crippen LogP contribution in [0.3, 0.4) is 0 Å². The van der Waals surface area contributed by atoms with Gasteiger partial charge in [0, 0.05) is 6.08 Å². The Balaban J connectivity index is 2.98. The third kappa shape index (κ3) is 3.46. The van der Waals surface area contributed by atoms with Gasteiger partial charge in [-0.3, -0.25) is 4.79 Å². The van der Waals surface area contributed by atoms with Crippen molar-refractivity contribution in [1.29, 1.82) is 0 Å². The Kier molecular flexibility index (Phi) is 3.14. The summed E-state index contributed by atoms with van der Waals surface area (Å²) in [4.78, 5) is 10.4. The van der Waals surface area contributed by atoms with Gasteiger partial charge in [0.05, 0.1) is 5.56 Å². The van der Waals surface area contributed by atoms with E-state index in [1.54, 1.807) is 0 Å². The van der Waals surface area contributed by atoms with Crippen LogP contribution in [0.15, 0.2) is 30.3 Å². The van der Waals surface area contributed by atoms with Crippen LogP contribution in [0.5, 0.6) is 0 Å². The Morgan fingerprint density at radius 3 is 2.53 bits per heavy atom. The van der Waals surface area contributed by atoms with Gasteiger partial charge in [-0.1, -0.05) is 12.1 Å². The average Bonchev–Trinajstić information content (AvgIpc) is 2.14. The number of hydrogen-bond donors (Lipinski definition) is 1. The highest BCUT2D eigenvalue weighted by molar-refractivity contribution is 5.90. The van der Waals surface area contributed by atoms with Crippen LogP contribution in [0, 0.1) is 0 Å². The summed E-state index contributed by atoms with van der Waals surface area (Å²) in [6.07, 6.45) is -2.14. The monoisotopic (exact) mass is 215 g/mol. The van der Waals surface area contributed by atoms with Crippen molar-refractivity contribution >= 4 is 12.0 Å². The molecule has 0 unspecified atom stereocenters. The molecular formula is C10H8F3NO. The summed E-state index contributed by atoms with van der Waals surface area (Å²) in [5, 5.41) is 0. The van der Waals surface area contributed by atoms with E-state index in [2.05, 4.69) is 0 Å². The lowest BCUT2D eigenvalue weighted by Gasteiger charge is -2.06. The van der Waals surface area contributed by atoms with Crippen LogP contribution in [-0.2, 0) is 11.0 Å². The van der Waals surface area contributed by atoms with Crippen LogP contribution in [0.4, 0.5) is 13.2 Å². The van der Waals surface area contributed by atoms with Crippen LogP contribution >= 0.6 is 0 Å². The first-order valence-corrected chi connectivity index (χ1v) is 4.04. The molecule has 0 aromatic heterocycles. The fraction of sp³-hybridized carbons (Fsp3) is 0.100. The van der Waals surface area contributed by atoms with Crippen LogP contribution < -0.4 is 5.73 Å². The molecule has 80 valence electrons. The lowest BCUT2D eigenvalue weighted by atomic mass is 10.1. The fourth-order valence-electron chi connectivity index (χ4n) is 0.997. The summed E-state index contributed by atoms with van der Waals surface area (Å²) in [7, 11) is 0. The van der Waals surface area contributed by atoms with Gasteiger partial charge in [-0.15, -0.1) is 0 Å². The van der Waals surface area contributed by atoms with Gasteiger partial charge in [0.1, 0.15) is 0 Å². The van der Waals surface area contributed by atoms with E-state index in [4.69, 9.17) is 5.73 Å². The molecule has 0 radical (unpaired) electrons. The first-order chi connectivity index (χ1) is 6.89. The van der Waals surface area contributed by atoms with Gasteiger partial charge < -0.3 is 5.73 Å². The third-order valence-corrected chi connectivity index (χ3v) is 1.65. The molecule has 0 aliphatic heterocycles. The van der Waals surface area contributed by atoms with Gasteiger partial charge in [-0.05, 0) is 23.8 Å². The van der Waals surface area contributed by atoms with Gasteiger partial charge >= 0.3 is 6.18 Å². The number of nitrogens with two attached hydrogens (primary N) is 1. The molecule has 5 heteroatoms. The number of rotatable bonds is 2. The minimum atomic E-state index is -4.38. The Hall–Kier alpha value is -1.78. The smallest absolute Gasteiger partial charge is 0.366 e. The number of alkyl halides is 3. The van der Waals surface area contributed by atoms with Crippen molar-refractivity contribution in [3.63, 3.8) is 0 Å². The number of carbonyl (C=O) groups excluding carboxylic acids is 1. The zero-order valence-electron chi connectivity index (χ0n) is 7.58. The molecule has 0 spiro atoms. The van der Waals surface area contributed by atoms with Crippen molar-refractivity contribution in [2.24, 2.45) is 5.73 Å². The van der Waals surface area contributed by atoms with E-state index in [9.17, 15) is 18.0 Å². The maximum absolute atomic E-state index is 12.3. The molecule has 0 saturated carbocycles. The fourth-order valence-corrected chi connectivity index (χ4v) is 0.997. The summed E-state index contributed by atoms with van der Waals surface area (Å²) in [5.41, 5.74) is 4.34. The predicted molar refractivity (Wildman–Crippen MR) is 49.7 cm³/mol. The number of carbonyl (C=O) groups is 1. The average molecular weight is 215 g/mol. The molecule has 2 nitrogen and oxygen atoms in total. The van der Waals surface area contributed by atoms with E-state index in [1.165, 1.54) is 18.2 Å². The van der Waals surface area contributed by atoms with Crippen LogP contribution in [-0.4, -0.2) is 5.91 Å². The lowest BCUT2D eigenvalue weighted by Crippen LogP contribution is -2.06. The zero-order valence-corrected chi connectivity index (χ0v) is 7.58. The molecule has 15 heavy (non-hydrogen) atoms. The number of halogens is 3. The summed E-state index contributed by atoms with van der Waals surface area (Å²) in [5.74, 6) is -0.701. The standard InChI is InChI=1S/C10H8F3NO/c11-10(12,13)8-3-1-2-7(6-8)4-5-9(14)15/h1-6H,(H2,14,15). The highest BCUT2D eigenvalue weighted by atomic mass is 19.4. The third-order valence-electron chi connectivity index (χ3n) is 1.65. The van der Waals surface area contributed by atoms with Crippen molar-refractivity contribution < 1.29 is 18.0 Å². The molecule has 0 atom stereocenters. The van der Waals surface area contributed by atoms with Crippen molar-refractivity contribution in [3.8, 4) is 0 Å². The van der Waals surface area contributed by atoms with E-state index < -0.39 is 17.6 Å². The molecule has 1 amide bonds. The van der Waals surface area contributed by atoms with E-state index in [-0.39, 0.29) is 5.56 Å². The molecule has 1 rings (SSSR count). The predicted octanol–water partition coefficient (Wildman–Crippen LogP) is 2.20. The van der Waals surface area contributed by atoms with Crippen LogP contribution in [0.1, 0.15) is 11.1 Å². The molecule has 0 fully saturated rings. The molecule has 1 aromatic rings. The normalized spacial score (nSPS) is 11.9. The SMILES string of the molecule is NC(=O)C=Cc1cccc(C(F)(F)F)c1. The second-order valence-electron chi connectivity index (χ2n) is 2.86. The van der Waals surface area contributed by atoms with Crippen molar-refractivity contribution in [1.82, 2.24) is 0 Å². The number of primary amides is 1. The van der Waals surface area contributed by atoms with E-state index in [1.807, 2.05) is 0 Å². The molecular weight excluding hydrogens is 207 g/mol. The summed E-state index contributed by atoms with van der Waals surface area (Å²) < 4.78 is 36.8. The van der Waals surface area contributed by atoms with Gasteiger partial charge in [0.25, 0.3) is 0 Å². The van der Waals surface area contributed by atoms with Crippen LogP contribution in [0.25, 0.3) is 6.08 Å². The molecule has 2 N–H and O–H groups in total. The number of amides is 1. The molecule has 1 aromatic carbocycles. The van der Waals surface area contributed by atoms with Gasteiger partial charge in [0.15, 0.2) is 0 Å². The van der Waals surface area contributed by atoms with E-state index in [0.29, 0.717) is 0 Å². The molecule has 0 heterocycles. The Labute approximate surface area is 84.2 Å². The summed E-state index contributed by atoms with van der Waals surface area (Å²) in [6.45, 7) is 0. The number of benzene rings is 1. The minimum Gasteiger partial charge on any atom is -0.366 e. The topological polar surface area (TPSA) is 43.1 Å². The van der Waals surface area contributed by atoms with Crippen molar-refractivity contribution in [3.05, 3.63) is 41.5 Å². The Bertz CT molecular complexity index is 396. The van der Waals surface area contributed by atoms with Gasteiger partial charge in [0.2, 0.25) is 5.91 Å². The Morgan fingerprint density at radius 1 is 1.33 bits per heavy atom. The molecule has 0 aliphatic rings. The van der Waals surface area contributed by atoms with Gasteiger partial charge in [-0.2, -0.15) is 13.2 Å². The molecule has 0 aliphatic carbocycles. The first-order valence-electron chi connectivity index (χ1n) is 4.04. The maximum atomic E-state index is 12.3. The second-order valence-corrected chi connectivity index (χ2v) is 2.86. The number of hydrogen-bond acceptors (Lipinski definition) is 1. The zero-order chi connectivity index (χ0) is 11.5. The lowest BCUT2D eigenvalue weighted by molar-refractivity contribution is -0.137. The highest BCUT2D eigenvalue weighted by Gasteiger charge is 2.30. The molecule has 0 bridgehead atoms. The van der Waals surface area contributed by atoms with E-state index >= 15 is 0 Å². The largest absolute Gasteiger partial charge is 0.416 e. The second kappa shape index (κ2) is 4.16. The quantitative estimate of drug-likeness (QED) is 0.755. The highest BCUT2D eigenvalue weighted by Crippen LogP contribution is 2.29. The molecule has 0 saturated heterocycles. The summed E-state index contributed by atoms with van der Waals surface area (Å²) in [6, 6.07) is 4.62. The van der Waals surface area contributed by atoms with Crippen molar-refractivity contribution in [2.45, 2.75) is 6.18 Å².